The summed E-state index contributed by atoms with van der Waals surface area (Å²) in [7, 11) is 1.50. The molecule has 0 saturated carbocycles. The second-order valence-corrected chi connectivity index (χ2v) is 3.78. The SMILES string of the molecule is CCCCN1CCN(C(=O)CN)CC1.CN. The van der Waals surface area contributed by atoms with E-state index in [1.54, 1.807) is 0 Å². The summed E-state index contributed by atoms with van der Waals surface area (Å²) in [4.78, 5) is 15.6. The van der Waals surface area contributed by atoms with E-state index in [2.05, 4.69) is 17.6 Å². The average molecular weight is 230 g/mol. The van der Waals surface area contributed by atoms with Crippen molar-refractivity contribution < 1.29 is 4.79 Å². The lowest BCUT2D eigenvalue weighted by Gasteiger charge is -2.34. The van der Waals surface area contributed by atoms with Crippen molar-refractivity contribution in [1.29, 1.82) is 0 Å². The molecule has 1 saturated heterocycles. The summed E-state index contributed by atoms with van der Waals surface area (Å²) < 4.78 is 0. The number of nitrogens with zero attached hydrogens (tertiary/aromatic N) is 2. The fourth-order valence-corrected chi connectivity index (χ4v) is 1.73. The fraction of sp³-hybridized carbons (Fsp3) is 0.909. The van der Waals surface area contributed by atoms with Gasteiger partial charge in [-0.05, 0) is 20.0 Å². The van der Waals surface area contributed by atoms with E-state index in [-0.39, 0.29) is 12.5 Å². The van der Waals surface area contributed by atoms with Crippen LogP contribution >= 0.6 is 0 Å². The van der Waals surface area contributed by atoms with Gasteiger partial charge in [0.25, 0.3) is 0 Å². The molecule has 0 radical (unpaired) electrons. The standard InChI is InChI=1S/C10H21N3O.CH5N/c1-2-3-4-12-5-7-13(8-6-12)10(14)9-11;1-2/h2-9,11H2,1H3;2H2,1H3. The van der Waals surface area contributed by atoms with Crippen LogP contribution in [-0.2, 0) is 4.79 Å². The van der Waals surface area contributed by atoms with E-state index in [0.29, 0.717) is 0 Å². The van der Waals surface area contributed by atoms with Crippen LogP contribution in [0.4, 0.5) is 0 Å². The Morgan fingerprint density at radius 1 is 1.19 bits per heavy atom. The second kappa shape index (κ2) is 9.57. The minimum atomic E-state index is 0.0835. The lowest BCUT2D eigenvalue weighted by molar-refractivity contribution is -0.131. The van der Waals surface area contributed by atoms with Crippen LogP contribution in [0.2, 0.25) is 0 Å². The van der Waals surface area contributed by atoms with Gasteiger partial charge in [0.15, 0.2) is 0 Å². The summed E-state index contributed by atoms with van der Waals surface area (Å²) in [6, 6.07) is 0. The molecule has 96 valence electrons. The van der Waals surface area contributed by atoms with Crippen molar-refractivity contribution in [2.75, 3.05) is 46.3 Å². The van der Waals surface area contributed by atoms with Crippen molar-refractivity contribution in [1.82, 2.24) is 9.80 Å². The van der Waals surface area contributed by atoms with E-state index in [4.69, 9.17) is 5.73 Å². The number of amides is 1. The predicted octanol–water partition coefficient (Wildman–Crippen LogP) is -0.536. The van der Waals surface area contributed by atoms with Crippen LogP contribution in [0.1, 0.15) is 19.8 Å². The van der Waals surface area contributed by atoms with E-state index in [9.17, 15) is 4.79 Å². The van der Waals surface area contributed by atoms with Crippen LogP contribution in [0.25, 0.3) is 0 Å². The third kappa shape index (κ3) is 5.44. The summed E-state index contributed by atoms with van der Waals surface area (Å²) in [5.74, 6) is 0.0835. The van der Waals surface area contributed by atoms with Crippen LogP contribution in [-0.4, -0.2) is 62.0 Å². The number of nitrogens with two attached hydrogens (primary N) is 2. The van der Waals surface area contributed by atoms with Crippen LogP contribution in [0.3, 0.4) is 0 Å². The highest BCUT2D eigenvalue weighted by Gasteiger charge is 2.18. The maximum atomic E-state index is 11.3. The highest BCUT2D eigenvalue weighted by molar-refractivity contribution is 5.78. The minimum absolute atomic E-state index is 0.0835. The van der Waals surface area contributed by atoms with Crippen molar-refractivity contribution >= 4 is 5.91 Å². The maximum Gasteiger partial charge on any atom is 0.236 e. The first-order valence-electron chi connectivity index (χ1n) is 6.06. The molecule has 0 spiro atoms. The molecule has 1 fully saturated rings. The molecule has 4 N–H and O–H groups in total. The molecular weight excluding hydrogens is 204 g/mol. The number of carbonyl (C=O) groups excluding carboxylic acids is 1. The number of unbranched alkanes of at least 4 members (excludes halogenated alkanes) is 1. The molecule has 0 bridgehead atoms. The van der Waals surface area contributed by atoms with Gasteiger partial charge in [0.2, 0.25) is 5.91 Å². The molecule has 5 heteroatoms. The number of piperazine rings is 1. The van der Waals surface area contributed by atoms with Crippen molar-refractivity contribution in [2.24, 2.45) is 11.5 Å². The summed E-state index contributed by atoms with van der Waals surface area (Å²) in [5, 5.41) is 0. The quantitative estimate of drug-likeness (QED) is 0.680. The molecule has 1 aliphatic rings. The molecule has 16 heavy (non-hydrogen) atoms. The highest BCUT2D eigenvalue weighted by atomic mass is 16.2. The number of carbonyl (C=O) groups is 1. The molecule has 1 aliphatic heterocycles. The Morgan fingerprint density at radius 2 is 1.75 bits per heavy atom. The van der Waals surface area contributed by atoms with Gasteiger partial charge in [0.1, 0.15) is 0 Å². The number of hydrogen-bond acceptors (Lipinski definition) is 4. The van der Waals surface area contributed by atoms with Gasteiger partial charge in [-0.3, -0.25) is 9.69 Å². The number of rotatable bonds is 4. The largest absolute Gasteiger partial charge is 0.339 e. The molecule has 0 aromatic rings. The van der Waals surface area contributed by atoms with E-state index in [0.717, 1.165) is 26.2 Å². The number of hydrogen-bond donors (Lipinski definition) is 2. The van der Waals surface area contributed by atoms with E-state index >= 15 is 0 Å². The normalized spacial score (nSPS) is 16.6. The van der Waals surface area contributed by atoms with Gasteiger partial charge >= 0.3 is 0 Å². The monoisotopic (exact) mass is 230 g/mol. The third-order valence-corrected chi connectivity index (χ3v) is 2.73. The Labute approximate surface area is 98.7 Å². The first-order chi connectivity index (χ1) is 7.77. The maximum absolute atomic E-state index is 11.3. The van der Waals surface area contributed by atoms with Gasteiger partial charge in [0.05, 0.1) is 6.54 Å². The molecule has 1 rings (SSSR count). The molecule has 0 atom stereocenters. The Morgan fingerprint density at radius 3 is 2.19 bits per heavy atom. The van der Waals surface area contributed by atoms with Gasteiger partial charge in [-0.2, -0.15) is 0 Å². The summed E-state index contributed by atoms with van der Waals surface area (Å²) >= 11 is 0. The zero-order valence-electron chi connectivity index (χ0n) is 10.6. The Kier molecular flexibility index (Phi) is 9.18. The van der Waals surface area contributed by atoms with Gasteiger partial charge in [0, 0.05) is 26.2 Å². The predicted molar refractivity (Wildman–Crippen MR) is 67.1 cm³/mol. The molecule has 0 aromatic carbocycles. The molecule has 0 aromatic heterocycles. The molecule has 0 unspecified atom stereocenters. The van der Waals surface area contributed by atoms with E-state index in [1.165, 1.54) is 26.4 Å². The van der Waals surface area contributed by atoms with Crippen LogP contribution in [0.15, 0.2) is 0 Å². The molecular formula is C11H26N4O. The summed E-state index contributed by atoms with van der Waals surface area (Å²) in [5.41, 5.74) is 9.81. The van der Waals surface area contributed by atoms with Gasteiger partial charge in [-0.1, -0.05) is 13.3 Å². The highest BCUT2D eigenvalue weighted by Crippen LogP contribution is 2.03. The lowest BCUT2D eigenvalue weighted by Crippen LogP contribution is -2.50. The van der Waals surface area contributed by atoms with Crippen molar-refractivity contribution in [3.63, 3.8) is 0 Å². The first kappa shape index (κ1) is 15.3. The third-order valence-electron chi connectivity index (χ3n) is 2.73. The lowest BCUT2D eigenvalue weighted by atomic mass is 10.2. The van der Waals surface area contributed by atoms with Crippen molar-refractivity contribution in [3.05, 3.63) is 0 Å². The zero-order valence-corrected chi connectivity index (χ0v) is 10.6. The van der Waals surface area contributed by atoms with Crippen molar-refractivity contribution in [2.45, 2.75) is 19.8 Å². The molecule has 0 aliphatic carbocycles. The van der Waals surface area contributed by atoms with Crippen molar-refractivity contribution in [3.8, 4) is 0 Å². The van der Waals surface area contributed by atoms with Crippen LogP contribution < -0.4 is 11.5 Å². The smallest absolute Gasteiger partial charge is 0.236 e. The molecule has 1 heterocycles. The van der Waals surface area contributed by atoms with E-state index in [1.807, 2.05) is 4.90 Å². The second-order valence-electron chi connectivity index (χ2n) is 3.78. The fourth-order valence-electron chi connectivity index (χ4n) is 1.73. The first-order valence-corrected chi connectivity index (χ1v) is 6.06. The zero-order chi connectivity index (χ0) is 12.4. The topological polar surface area (TPSA) is 75.6 Å². The Balaban J connectivity index is 0.00000106. The molecule has 1 amide bonds. The van der Waals surface area contributed by atoms with E-state index < -0.39 is 0 Å². The summed E-state index contributed by atoms with van der Waals surface area (Å²) in [6.45, 7) is 7.22. The van der Waals surface area contributed by atoms with Gasteiger partial charge in [-0.25, -0.2) is 0 Å². The Bertz CT molecular complexity index is 179. The Hall–Kier alpha value is -0.650. The minimum Gasteiger partial charge on any atom is -0.339 e. The van der Waals surface area contributed by atoms with Gasteiger partial charge in [-0.15, -0.1) is 0 Å². The van der Waals surface area contributed by atoms with Crippen LogP contribution in [0.5, 0.6) is 0 Å². The van der Waals surface area contributed by atoms with Crippen LogP contribution in [0, 0.1) is 0 Å². The van der Waals surface area contributed by atoms with Gasteiger partial charge < -0.3 is 16.4 Å². The summed E-state index contributed by atoms with van der Waals surface area (Å²) in [6.07, 6.45) is 2.49. The average Bonchev–Trinajstić information content (AvgIpc) is 2.38. The molecule has 5 nitrogen and oxygen atoms in total.